The number of aromatic nitrogens is 2. The molecule has 30 heavy (non-hydrogen) atoms. The molecule has 0 atom stereocenters. The Hall–Kier alpha value is -2.56. The highest BCUT2D eigenvalue weighted by Crippen LogP contribution is 2.36. The second-order valence-corrected chi connectivity index (χ2v) is 7.35. The van der Waals surface area contributed by atoms with Crippen LogP contribution in [0.4, 0.5) is 35.1 Å². The molecule has 2 nitrogen and oxygen atoms in total. The number of alkyl halides is 6. The molecule has 0 radical (unpaired) electrons. The molecule has 0 bridgehead atoms. The fraction of sp³-hybridized carbons (Fsp3) is 0.211. The number of hydrogen-bond donors (Lipinski definition) is 0. The van der Waals surface area contributed by atoms with Crippen molar-refractivity contribution < 1.29 is 35.1 Å². The summed E-state index contributed by atoms with van der Waals surface area (Å²) in [7, 11) is 0. The summed E-state index contributed by atoms with van der Waals surface area (Å²) in [6, 6.07) is 6.96. The average molecular weight is 452 g/mol. The number of nitrogens with zero attached hydrogens (tertiary/aromatic N) is 2. The van der Waals surface area contributed by atoms with E-state index in [1.807, 2.05) is 0 Å². The maximum Gasteiger partial charge on any atom is 0.435 e. The monoisotopic (exact) mass is 452 g/mol. The minimum atomic E-state index is -4.84. The van der Waals surface area contributed by atoms with Gasteiger partial charge in [0.15, 0.2) is 5.69 Å². The third-order valence-electron chi connectivity index (χ3n) is 3.97. The van der Waals surface area contributed by atoms with Crippen molar-refractivity contribution in [3.63, 3.8) is 0 Å². The van der Waals surface area contributed by atoms with Crippen LogP contribution in [0, 0.1) is 18.6 Å². The van der Waals surface area contributed by atoms with Crippen LogP contribution in [0.3, 0.4) is 0 Å². The summed E-state index contributed by atoms with van der Waals surface area (Å²) >= 11 is 0.485. The van der Waals surface area contributed by atoms with Gasteiger partial charge in [-0.15, -0.1) is 11.8 Å². The first-order valence-corrected chi connectivity index (χ1v) is 9.26. The Balaban J connectivity index is 2.14. The van der Waals surface area contributed by atoms with Crippen molar-refractivity contribution in [1.82, 2.24) is 9.78 Å². The molecule has 0 saturated carbocycles. The Labute approximate surface area is 169 Å². The number of thioether (sulfide) groups is 1. The second-order valence-electron chi connectivity index (χ2n) is 6.34. The summed E-state index contributed by atoms with van der Waals surface area (Å²) in [5.74, 6) is -3.23. The van der Waals surface area contributed by atoms with Gasteiger partial charge in [0.05, 0.1) is 17.1 Å². The van der Waals surface area contributed by atoms with Gasteiger partial charge in [-0.05, 0) is 36.8 Å². The van der Waals surface area contributed by atoms with Crippen LogP contribution < -0.4 is 0 Å². The van der Waals surface area contributed by atoms with E-state index in [1.165, 1.54) is 18.2 Å². The molecular weight excluding hydrogens is 440 g/mol. The third kappa shape index (κ3) is 5.13. The molecule has 0 fully saturated rings. The highest BCUT2D eigenvalue weighted by molar-refractivity contribution is 7.99. The summed E-state index contributed by atoms with van der Waals surface area (Å²) in [6.07, 6.45) is -9.28. The molecule has 3 aromatic rings. The first kappa shape index (κ1) is 22.1. The van der Waals surface area contributed by atoms with Crippen molar-refractivity contribution in [2.75, 3.05) is 5.75 Å². The predicted molar refractivity (Wildman–Crippen MR) is 95.4 cm³/mol. The van der Waals surface area contributed by atoms with E-state index < -0.39 is 35.4 Å². The van der Waals surface area contributed by atoms with Gasteiger partial charge in [-0.25, -0.2) is 13.5 Å². The van der Waals surface area contributed by atoms with E-state index in [0.717, 1.165) is 12.1 Å². The zero-order chi connectivity index (χ0) is 22.3. The standard InChI is InChI=1S/C19H12F8N2S/c1-10-2-3-11(4-16(10)30-9-18(22,23)24)15-8-17(19(25,26)27)28-29(15)14-6-12(20)5-13(21)7-14/h2-8H,9H2,1H3. The minimum Gasteiger partial charge on any atom is -0.232 e. The highest BCUT2D eigenvalue weighted by Gasteiger charge is 2.35. The summed E-state index contributed by atoms with van der Waals surface area (Å²) in [6.45, 7) is 1.56. The van der Waals surface area contributed by atoms with Crippen molar-refractivity contribution in [3.8, 4) is 16.9 Å². The van der Waals surface area contributed by atoms with E-state index in [9.17, 15) is 35.1 Å². The molecule has 1 heterocycles. The molecule has 0 aliphatic carbocycles. The lowest BCUT2D eigenvalue weighted by molar-refractivity contribution is -0.141. The van der Waals surface area contributed by atoms with Crippen molar-refractivity contribution in [2.24, 2.45) is 0 Å². The Morgan fingerprint density at radius 3 is 2.10 bits per heavy atom. The number of hydrogen-bond acceptors (Lipinski definition) is 2. The molecule has 0 N–H and O–H groups in total. The lowest BCUT2D eigenvalue weighted by Gasteiger charge is -2.12. The first-order chi connectivity index (χ1) is 13.8. The Bertz CT molecular complexity index is 1050. The smallest absolute Gasteiger partial charge is 0.232 e. The molecule has 160 valence electrons. The summed E-state index contributed by atoms with van der Waals surface area (Å²) in [5, 5.41) is 3.42. The minimum absolute atomic E-state index is 0.109. The number of rotatable bonds is 4. The Morgan fingerprint density at radius 2 is 1.53 bits per heavy atom. The van der Waals surface area contributed by atoms with Gasteiger partial charge in [-0.1, -0.05) is 12.1 Å². The second kappa shape index (κ2) is 7.93. The van der Waals surface area contributed by atoms with Gasteiger partial charge in [0.2, 0.25) is 0 Å². The van der Waals surface area contributed by atoms with Gasteiger partial charge >= 0.3 is 12.4 Å². The fourth-order valence-electron chi connectivity index (χ4n) is 2.66. The summed E-state index contributed by atoms with van der Waals surface area (Å²) in [4.78, 5) is 0.205. The van der Waals surface area contributed by atoms with Crippen LogP contribution in [-0.2, 0) is 6.18 Å². The van der Waals surface area contributed by atoms with Crippen molar-refractivity contribution in [3.05, 3.63) is 65.4 Å². The van der Waals surface area contributed by atoms with Crippen LogP contribution in [0.15, 0.2) is 47.4 Å². The average Bonchev–Trinajstić information content (AvgIpc) is 3.05. The van der Waals surface area contributed by atoms with Crippen molar-refractivity contribution in [1.29, 1.82) is 0 Å². The van der Waals surface area contributed by atoms with Crippen LogP contribution in [0.1, 0.15) is 11.3 Å². The van der Waals surface area contributed by atoms with Gasteiger partial charge in [0, 0.05) is 16.5 Å². The van der Waals surface area contributed by atoms with E-state index in [-0.39, 0.29) is 21.8 Å². The van der Waals surface area contributed by atoms with Crippen LogP contribution in [-0.4, -0.2) is 21.7 Å². The van der Waals surface area contributed by atoms with Gasteiger partial charge in [0.25, 0.3) is 0 Å². The highest BCUT2D eigenvalue weighted by atomic mass is 32.2. The van der Waals surface area contributed by atoms with Gasteiger partial charge in [0.1, 0.15) is 11.6 Å². The van der Waals surface area contributed by atoms with E-state index >= 15 is 0 Å². The first-order valence-electron chi connectivity index (χ1n) is 8.28. The van der Waals surface area contributed by atoms with Gasteiger partial charge in [-0.3, -0.25) is 0 Å². The molecule has 1 aromatic heterocycles. The summed E-state index contributed by atoms with van der Waals surface area (Å²) in [5.41, 5.74) is -1.19. The third-order valence-corrected chi connectivity index (χ3v) is 5.19. The topological polar surface area (TPSA) is 17.8 Å². The van der Waals surface area contributed by atoms with Crippen LogP contribution in [0.25, 0.3) is 16.9 Å². The largest absolute Gasteiger partial charge is 0.435 e. The van der Waals surface area contributed by atoms with E-state index in [2.05, 4.69) is 5.10 Å². The molecule has 0 amide bonds. The van der Waals surface area contributed by atoms with Crippen LogP contribution in [0.5, 0.6) is 0 Å². The SMILES string of the molecule is Cc1ccc(-c2cc(C(F)(F)F)nn2-c2cc(F)cc(F)c2)cc1SCC(F)(F)F. The van der Waals surface area contributed by atoms with E-state index in [1.54, 1.807) is 6.92 Å². The molecular formula is C19H12F8N2S. The molecule has 0 saturated heterocycles. The maximum absolute atomic E-state index is 13.6. The normalized spacial score (nSPS) is 12.4. The van der Waals surface area contributed by atoms with E-state index in [0.29, 0.717) is 34.1 Å². The molecule has 0 aliphatic heterocycles. The van der Waals surface area contributed by atoms with Crippen molar-refractivity contribution >= 4 is 11.8 Å². The molecule has 11 heteroatoms. The van der Waals surface area contributed by atoms with Crippen molar-refractivity contribution in [2.45, 2.75) is 24.2 Å². The predicted octanol–water partition coefficient (Wildman–Crippen LogP) is 6.80. The molecule has 3 rings (SSSR count). The maximum atomic E-state index is 13.6. The molecule has 2 aromatic carbocycles. The Kier molecular flexibility index (Phi) is 5.85. The van der Waals surface area contributed by atoms with Crippen LogP contribution in [0.2, 0.25) is 0 Å². The van der Waals surface area contributed by atoms with Gasteiger partial charge in [-0.2, -0.15) is 31.4 Å². The molecule has 0 aliphatic rings. The lowest BCUT2D eigenvalue weighted by atomic mass is 10.1. The quantitative estimate of drug-likeness (QED) is 0.320. The molecule has 0 spiro atoms. The lowest BCUT2D eigenvalue weighted by Crippen LogP contribution is -2.10. The summed E-state index contributed by atoms with van der Waals surface area (Å²) < 4.78 is 105. The van der Waals surface area contributed by atoms with Gasteiger partial charge < -0.3 is 0 Å². The zero-order valence-electron chi connectivity index (χ0n) is 15.1. The fourth-order valence-corrected chi connectivity index (χ4v) is 3.48. The number of benzene rings is 2. The Morgan fingerprint density at radius 1 is 0.900 bits per heavy atom. The van der Waals surface area contributed by atoms with E-state index in [4.69, 9.17) is 0 Å². The number of aryl methyl sites for hydroxylation is 1. The van der Waals surface area contributed by atoms with Crippen LogP contribution >= 0.6 is 11.8 Å². The zero-order valence-corrected chi connectivity index (χ0v) is 15.9. The molecule has 0 unspecified atom stereocenters. The number of halogens is 8.